The van der Waals surface area contributed by atoms with Crippen molar-refractivity contribution in [3.05, 3.63) is 29.8 Å². The molecule has 2 rings (SSSR count). The number of nitrogens with one attached hydrogen (secondary N) is 2. The third-order valence-electron chi connectivity index (χ3n) is 3.96. The fourth-order valence-corrected chi connectivity index (χ4v) is 2.81. The van der Waals surface area contributed by atoms with Crippen LogP contribution in [0.1, 0.15) is 29.6 Å². The van der Waals surface area contributed by atoms with Crippen LogP contribution in [0.5, 0.6) is 0 Å². The van der Waals surface area contributed by atoms with Gasteiger partial charge in [0.2, 0.25) is 5.91 Å². The maximum absolute atomic E-state index is 12.3. The number of nitrogens with two attached hydrogens (primary N) is 1. The van der Waals surface area contributed by atoms with Crippen LogP contribution in [0.2, 0.25) is 0 Å². The first-order chi connectivity index (χ1) is 9.67. The van der Waals surface area contributed by atoms with E-state index in [1.807, 2.05) is 0 Å². The maximum atomic E-state index is 12.3. The van der Waals surface area contributed by atoms with Crippen LogP contribution in [-0.4, -0.2) is 25.4 Å². The Bertz CT molecular complexity index is 507. The van der Waals surface area contributed by atoms with Gasteiger partial charge in [-0.2, -0.15) is 0 Å². The van der Waals surface area contributed by atoms with Crippen LogP contribution in [0, 0.1) is 11.8 Å². The summed E-state index contributed by atoms with van der Waals surface area (Å²) in [6.07, 6.45) is 2.92. The van der Waals surface area contributed by atoms with Crippen LogP contribution in [0.4, 0.5) is 5.69 Å². The van der Waals surface area contributed by atoms with Gasteiger partial charge in [-0.1, -0.05) is 18.6 Å². The van der Waals surface area contributed by atoms with Crippen LogP contribution in [-0.2, 0) is 4.79 Å². The van der Waals surface area contributed by atoms with Crippen molar-refractivity contribution in [2.75, 3.05) is 18.9 Å². The quantitative estimate of drug-likeness (QED) is 0.792. The largest absolute Gasteiger partial charge is 0.355 e. The Morgan fingerprint density at radius 1 is 1.29 bits per heavy atom. The number of carbonyl (C=O) groups excluding carboxylic acids is 2. The van der Waals surface area contributed by atoms with Crippen molar-refractivity contribution >= 4 is 29.9 Å². The first-order valence-electron chi connectivity index (χ1n) is 6.99. The second-order valence-electron chi connectivity index (χ2n) is 5.15. The summed E-state index contributed by atoms with van der Waals surface area (Å²) in [4.78, 5) is 24.1. The lowest BCUT2D eigenvalue weighted by Gasteiger charge is -2.18. The molecular formula is C15H22ClN3O2. The highest BCUT2D eigenvalue weighted by molar-refractivity contribution is 6.04. The molecule has 0 bridgehead atoms. The van der Waals surface area contributed by atoms with Crippen molar-refractivity contribution in [3.8, 4) is 0 Å². The zero-order valence-electron chi connectivity index (χ0n) is 12.1. The number of hydrogen-bond acceptors (Lipinski definition) is 3. The maximum Gasteiger partial charge on any atom is 0.253 e. The number of anilines is 1. The van der Waals surface area contributed by atoms with E-state index in [2.05, 4.69) is 10.6 Å². The van der Waals surface area contributed by atoms with Gasteiger partial charge in [0.25, 0.3) is 5.91 Å². The lowest BCUT2D eigenvalue weighted by Crippen LogP contribution is -2.30. The van der Waals surface area contributed by atoms with Gasteiger partial charge in [-0.25, -0.2) is 0 Å². The zero-order chi connectivity index (χ0) is 14.5. The van der Waals surface area contributed by atoms with Crippen molar-refractivity contribution in [1.82, 2.24) is 5.32 Å². The second-order valence-corrected chi connectivity index (χ2v) is 5.15. The lowest BCUT2D eigenvalue weighted by atomic mass is 9.95. The molecule has 2 atom stereocenters. The van der Waals surface area contributed by atoms with Crippen molar-refractivity contribution in [1.29, 1.82) is 0 Å². The van der Waals surface area contributed by atoms with E-state index in [0.29, 0.717) is 17.8 Å². The fourth-order valence-electron chi connectivity index (χ4n) is 2.81. The molecule has 21 heavy (non-hydrogen) atoms. The van der Waals surface area contributed by atoms with Gasteiger partial charge >= 0.3 is 0 Å². The monoisotopic (exact) mass is 311 g/mol. The predicted octanol–water partition coefficient (Wildman–Crippen LogP) is 1.78. The fraction of sp³-hybridized carbons (Fsp3) is 0.467. The summed E-state index contributed by atoms with van der Waals surface area (Å²) in [5.41, 5.74) is 6.74. The Balaban J connectivity index is 0.00000220. The molecular weight excluding hydrogens is 290 g/mol. The van der Waals surface area contributed by atoms with Crippen molar-refractivity contribution in [2.45, 2.75) is 19.3 Å². The highest BCUT2D eigenvalue weighted by Crippen LogP contribution is 2.32. The molecule has 1 fully saturated rings. The van der Waals surface area contributed by atoms with Gasteiger partial charge in [0.05, 0.1) is 11.3 Å². The average molecular weight is 312 g/mol. The molecule has 1 saturated carbocycles. The second kappa shape index (κ2) is 8.00. The molecule has 1 aliphatic rings. The van der Waals surface area contributed by atoms with Gasteiger partial charge < -0.3 is 16.4 Å². The van der Waals surface area contributed by atoms with Gasteiger partial charge in [0.1, 0.15) is 0 Å². The average Bonchev–Trinajstić information content (AvgIpc) is 2.95. The topological polar surface area (TPSA) is 84.2 Å². The van der Waals surface area contributed by atoms with E-state index < -0.39 is 0 Å². The minimum Gasteiger partial charge on any atom is -0.355 e. The minimum absolute atomic E-state index is 0. The minimum atomic E-state index is -0.206. The van der Waals surface area contributed by atoms with E-state index in [1.54, 1.807) is 31.3 Å². The summed E-state index contributed by atoms with van der Waals surface area (Å²) in [5, 5.41) is 5.45. The molecule has 2 amide bonds. The summed E-state index contributed by atoms with van der Waals surface area (Å²) in [6.45, 7) is 0.537. The Hall–Kier alpha value is -1.59. The summed E-state index contributed by atoms with van der Waals surface area (Å²) in [7, 11) is 1.57. The number of amides is 2. The summed E-state index contributed by atoms with van der Waals surface area (Å²) >= 11 is 0. The molecule has 0 aromatic heterocycles. The highest BCUT2D eigenvalue weighted by atomic mass is 35.5. The van der Waals surface area contributed by atoms with Crippen molar-refractivity contribution in [3.63, 3.8) is 0 Å². The molecule has 1 aromatic carbocycles. The summed E-state index contributed by atoms with van der Waals surface area (Å²) < 4.78 is 0. The number of halogens is 1. The molecule has 5 nitrogen and oxygen atoms in total. The van der Waals surface area contributed by atoms with Crippen molar-refractivity contribution in [2.24, 2.45) is 17.6 Å². The molecule has 0 spiro atoms. The number of para-hydroxylation sites is 1. The van der Waals surface area contributed by atoms with Crippen molar-refractivity contribution < 1.29 is 9.59 Å². The Morgan fingerprint density at radius 3 is 2.67 bits per heavy atom. The Kier molecular flexibility index (Phi) is 6.65. The molecule has 0 aliphatic heterocycles. The summed E-state index contributed by atoms with van der Waals surface area (Å²) in [6, 6.07) is 7.02. The highest BCUT2D eigenvalue weighted by Gasteiger charge is 2.32. The van der Waals surface area contributed by atoms with Crippen LogP contribution < -0.4 is 16.4 Å². The Morgan fingerprint density at radius 2 is 2.00 bits per heavy atom. The van der Waals surface area contributed by atoms with Crippen LogP contribution >= 0.6 is 12.4 Å². The number of carbonyl (C=O) groups is 2. The standard InChI is InChI=1S/C15H21N3O2.ClH/c1-17-14(19)12-6-2-3-8-13(12)18-15(20)11-7-4-5-10(11)9-16;/h2-3,6,8,10-11H,4-5,7,9,16H2,1H3,(H,17,19)(H,18,20);1H/t10-,11-;/m1./s1. The molecule has 1 aromatic rings. The molecule has 0 radical (unpaired) electrons. The molecule has 6 heteroatoms. The van der Waals surface area contributed by atoms with E-state index in [1.165, 1.54) is 0 Å². The third-order valence-corrected chi connectivity index (χ3v) is 3.96. The van der Waals surface area contributed by atoms with Gasteiger partial charge in [-0.3, -0.25) is 9.59 Å². The van der Waals surface area contributed by atoms with Gasteiger partial charge in [0.15, 0.2) is 0 Å². The lowest BCUT2D eigenvalue weighted by molar-refractivity contribution is -0.120. The molecule has 0 saturated heterocycles. The van der Waals surface area contributed by atoms with E-state index in [-0.39, 0.29) is 36.1 Å². The first kappa shape index (κ1) is 17.5. The van der Waals surface area contributed by atoms with Gasteiger partial charge in [-0.15, -0.1) is 12.4 Å². The van der Waals surface area contributed by atoms with E-state index in [9.17, 15) is 9.59 Å². The van der Waals surface area contributed by atoms with E-state index in [4.69, 9.17) is 5.73 Å². The Labute approximate surface area is 131 Å². The normalized spacial score (nSPS) is 20.5. The molecule has 116 valence electrons. The number of benzene rings is 1. The van der Waals surface area contributed by atoms with E-state index in [0.717, 1.165) is 19.3 Å². The van der Waals surface area contributed by atoms with Gasteiger partial charge in [-0.05, 0) is 37.4 Å². The molecule has 0 heterocycles. The van der Waals surface area contributed by atoms with Gasteiger partial charge in [0, 0.05) is 13.0 Å². The number of rotatable bonds is 4. The summed E-state index contributed by atoms with van der Waals surface area (Å²) in [5.74, 6) is -0.0306. The van der Waals surface area contributed by atoms with E-state index >= 15 is 0 Å². The smallest absolute Gasteiger partial charge is 0.253 e. The third kappa shape index (κ3) is 3.95. The van der Waals surface area contributed by atoms with Crippen LogP contribution in [0.15, 0.2) is 24.3 Å². The SMILES string of the molecule is CNC(=O)c1ccccc1NC(=O)[C@@H]1CCC[C@@H]1CN.Cl. The molecule has 4 N–H and O–H groups in total. The van der Waals surface area contributed by atoms with Crippen LogP contribution in [0.3, 0.4) is 0 Å². The zero-order valence-corrected chi connectivity index (χ0v) is 12.9. The van der Waals surface area contributed by atoms with Crippen LogP contribution in [0.25, 0.3) is 0 Å². The molecule has 1 aliphatic carbocycles. The predicted molar refractivity (Wildman–Crippen MR) is 85.6 cm³/mol. The number of hydrogen-bond donors (Lipinski definition) is 3. The molecule has 0 unspecified atom stereocenters. The first-order valence-corrected chi connectivity index (χ1v) is 6.99.